The molecule has 2 aliphatic rings. The van der Waals surface area contributed by atoms with Crippen LogP contribution in [0.15, 0.2) is 41.6 Å². The van der Waals surface area contributed by atoms with Crippen molar-refractivity contribution >= 4 is 35.0 Å². The van der Waals surface area contributed by atoms with Crippen molar-refractivity contribution in [1.29, 1.82) is 0 Å². The molecule has 0 saturated heterocycles. The fourth-order valence-corrected chi connectivity index (χ4v) is 4.00. The number of nitrogens with zero attached hydrogens (tertiary/aromatic N) is 1. The Hall–Kier alpha value is -1.92. The van der Waals surface area contributed by atoms with Crippen molar-refractivity contribution in [3.05, 3.63) is 41.6 Å². The van der Waals surface area contributed by atoms with E-state index in [9.17, 15) is 4.79 Å². The first-order valence-electron chi connectivity index (χ1n) is 8.68. The zero-order valence-electron chi connectivity index (χ0n) is 14.2. The van der Waals surface area contributed by atoms with Gasteiger partial charge in [-0.05, 0) is 37.1 Å². The summed E-state index contributed by atoms with van der Waals surface area (Å²) in [5.41, 5.74) is 0.704. The molecule has 0 bridgehead atoms. The fraction of sp³-hybridized carbons (Fsp3) is 0.368. The third-order valence-electron chi connectivity index (χ3n) is 4.49. The number of fused-ring (bicyclic) bond motifs is 1. The Morgan fingerprint density at radius 3 is 2.73 bits per heavy atom. The predicted octanol–water partition coefficient (Wildman–Crippen LogP) is 4.90. The molecule has 0 unspecified atom stereocenters. The minimum atomic E-state index is -0.501. The van der Waals surface area contributed by atoms with Gasteiger partial charge in [0.25, 0.3) is 5.79 Å². The van der Waals surface area contributed by atoms with Crippen molar-refractivity contribution in [2.45, 2.75) is 42.9 Å². The first-order chi connectivity index (χ1) is 12.6. The van der Waals surface area contributed by atoms with Crippen LogP contribution in [-0.4, -0.2) is 22.4 Å². The summed E-state index contributed by atoms with van der Waals surface area (Å²) in [6.45, 7) is 0. The topological polar surface area (TPSA) is 60.5 Å². The van der Waals surface area contributed by atoms with E-state index in [4.69, 9.17) is 21.1 Å². The highest BCUT2D eigenvalue weighted by molar-refractivity contribution is 7.99. The molecule has 7 heteroatoms. The Labute approximate surface area is 161 Å². The minimum Gasteiger partial charge on any atom is -0.448 e. The van der Waals surface area contributed by atoms with Gasteiger partial charge in [0, 0.05) is 30.8 Å². The molecule has 2 aromatic rings. The summed E-state index contributed by atoms with van der Waals surface area (Å²) in [5.74, 6) is 1.13. The monoisotopic (exact) mass is 390 g/mol. The smallest absolute Gasteiger partial charge is 0.251 e. The summed E-state index contributed by atoms with van der Waals surface area (Å²) in [5, 5.41) is 4.23. The van der Waals surface area contributed by atoms with Gasteiger partial charge in [-0.3, -0.25) is 4.79 Å². The Morgan fingerprint density at radius 1 is 1.15 bits per heavy atom. The fourth-order valence-electron chi connectivity index (χ4n) is 3.25. The average Bonchev–Trinajstić information content (AvgIpc) is 2.98. The average molecular weight is 391 g/mol. The predicted molar refractivity (Wildman–Crippen MR) is 102 cm³/mol. The van der Waals surface area contributed by atoms with E-state index < -0.39 is 5.79 Å². The minimum absolute atomic E-state index is 0.0991. The van der Waals surface area contributed by atoms with Gasteiger partial charge in [-0.1, -0.05) is 29.8 Å². The lowest BCUT2D eigenvalue weighted by Gasteiger charge is -2.31. The zero-order chi connectivity index (χ0) is 18.0. The molecule has 1 aromatic heterocycles. The highest BCUT2D eigenvalue weighted by atomic mass is 35.5. The Bertz CT molecular complexity index is 807. The number of thioether (sulfide) groups is 1. The van der Waals surface area contributed by atoms with E-state index in [1.807, 2.05) is 18.2 Å². The molecule has 1 aliphatic carbocycles. The number of ether oxygens (including phenoxy) is 2. The molecular formula is C19H19ClN2O3S. The number of aromatic nitrogens is 1. The lowest BCUT2D eigenvalue weighted by molar-refractivity contribution is -0.113. The summed E-state index contributed by atoms with van der Waals surface area (Å²) in [4.78, 5) is 16.4. The van der Waals surface area contributed by atoms with Gasteiger partial charge in [-0.15, -0.1) is 0 Å². The van der Waals surface area contributed by atoms with E-state index in [0.717, 1.165) is 36.5 Å². The van der Waals surface area contributed by atoms with E-state index in [-0.39, 0.29) is 11.7 Å². The van der Waals surface area contributed by atoms with Crippen LogP contribution in [0.2, 0.25) is 5.02 Å². The maximum atomic E-state index is 12.2. The molecule has 136 valence electrons. The van der Waals surface area contributed by atoms with Crippen LogP contribution in [0.1, 0.15) is 32.1 Å². The largest absolute Gasteiger partial charge is 0.448 e. The molecule has 0 atom stereocenters. The van der Waals surface area contributed by atoms with Gasteiger partial charge >= 0.3 is 0 Å². The summed E-state index contributed by atoms with van der Waals surface area (Å²) in [7, 11) is 0. The van der Waals surface area contributed by atoms with Crippen molar-refractivity contribution < 1.29 is 14.3 Å². The van der Waals surface area contributed by atoms with Crippen molar-refractivity contribution in [3.8, 4) is 11.5 Å². The second-order valence-corrected chi connectivity index (χ2v) is 7.92. The number of rotatable bonds is 4. The highest BCUT2D eigenvalue weighted by Crippen LogP contribution is 2.46. The van der Waals surface area contributed by atoms with Gasteiger partial charge in [0.2, 0.25) is 5.91 Å². The van der Waals surface area contributed by atoms with Crippen LogP contribution in [0.3, 0.4) is 0 Å². The van der Waals surface area contributed by atoms with Crippen molar-refractivity contribution in [3.63, 3.8) is 0 Å². The number of hydrogen-bond acceptors (Lipinski definition) is 5. The summed E-state index contributed by atoms with van der Waals surface area (Å²) in [6, 6.07) is 9.09. The quantitative estimate of drug-likeness (QED) is 0.752. The molecule has 4 rings (SSSR count). The van der Waals surface area contributed by atoms with Crippen molar-refractivity contribution in [2.75, 3.05) is 11.1 Å². The molecule has 1 aliphatic heterocycles. The number of benzene rings is 1. The second kappa shape index (κ2) is 7.37. The third-order valence-corrected chi connectivity index (χ3v) is 5.65. The van der Waals surface area contributed by atoms with Crippen LogP contribution in [-0.2, 0) is 4.79 Å². The molecule has 26 heavy (non-hydrogen) atoms. The number of pyridine rings is 1. The normalized spacial score (nSPS) is 17.3. The standard InChI is InChI=1S/C19H19ClN2O3S/c20-13-4-7-18(21-11-13)26-12-17(23)22-14-5-6-15-16(10-14)25-19(24-15)8-2-1-3-9-19/h4-7,10-11H,1-3,8-9,12H2,(H,22,23). The number of amides is 1. The number of carbonyl (C=O) groups excluding carboxylic acids is 1. The van der Waals surface area contributed by atoms with Gasteiger partial charge in [0.05, 0.1) is 15.8 Å². The van der Waals surface area contributed by atoms with Crippen LogP contribution in [0.5, 0.6) is 11.5 Å². The lowest BCUT2D eigenvalue weighted by Crippen LogP contribution is -2.40. The summed E-state index contributed by atoms with van der Waals surface area (Å²) >= 11 is 7.17. The number of nitrogens with one attached hydrogen (secondary N) is 1. The molecule has 1 N–H and O–H groups in total. The van der Waals surface area contributed by atoms with Crippen LogP contribution in [0.4, 0.5) is 5.69 Å². The van der Waals surface area contributed by atoms with Crippen LogP contribution in [0, 0.1) is 0 Å². The molecule has 1 aromatic carbocycles. The Morgan fingerprint density at radius 2 is 1.96 bits per heavy atom. The van der Waals surface area contributed by atoms with E-state index in [2.05, 4.69) is 10.3 Å². The molecule has 5 nitrogen and oxygen atoms in total. The van der Waals surface area contributed by atoms with E-state index >= 15 is 0 Å². The highest BCUT2D eigenvalue weighted by Gasteiger charge is 2.42. The Balaban J connectivity index is 1.35. The lowest BCUT2D eigenvalue weighted by atomic mass is 9.94. The number of hydrogen-bond donors (Lipinski definition) is 1. The van der Waals surface area contributed by atoms with Gasteiger partial charge in [0.1, 0.15) is 0 Å². The SMILES string of the molecule is O=C(CSc1ccc(Cl)cn1)Nc1ccc2c(c1)OC1(CCCCC1)O2. The number of anilines is 1. The maximum absolute atomic E-state index is 12.2. The Kier molecular flexibility index (Phi) is 4.96. The molecule has 1 amide bonds. The maximum Gasteiger partial charge on any atom is 0.251 e. The molecule has 1 fully saturated rings. The summed E-state index contributed by atoms with van der Waals surface area (Å²) in [6.07, 6.45) is 6.86. The van der Waals surface area contributed by atoms with Crippen LogP contribution < -0.4 is 14.8 Å². The van der Waals surface area contributed by atoms with Gasteiger partial charge in [0.15, 0.2) is 11.5 Å². The third kappa shape index (κ3) is 3.91. The van der Waals surface area contributed by atoms with Crippen molar-refractivity contribution in [2.24, 2.45) is 0 Å². The van der Waals surface area contributed by atoms with Gasteiger partial charge in [-0.2, -0.15) is 0 Å². The first-order valence-corrected chi connectivity index (χ1v) is 10.0. The van der Waals surface area contributed by atoms with E-state index in [1.54, 1.807) is 18.3 Å². The number of carbonyl (C=O) groups is 1. The van der Waals surface area contributed by atoms with Crippen LogP contribution >= 0.6 is 23.4 Å². The van der Waals surface area contributed by atoms with Crippen LogP contribution in [0.25, 0.3) is 0 Å². The summed E-state index contributed by atoms with van der Waals surface area (Å²) < 4.78 is 12.1. The van der Waals surface area contributed by atoms with E-state index in [0.29, 0.717) is 16.5 Å². The molecule has 0 radical (unpaired) electrons. The van der Waals surface area contributed by atoms with E-state index in [1.165, 1.54) is 18.2 Å². The zero-order valence-corrected chi connectivity index (χ0v) is 15.7. The second-order valence-electron chi connectivity index (χ2n) is 6.49. The van der Waals surface area contributed by atoms with Gasteiger partial charge in [-0.25, -0.2) is 4.98 Å². The molecule has 1 saturated carbocycles. The molecule has 2 heterocycles. The molecule has 1 spiro atoms. The first kappa shape index (κ1) is 17.5. The van der Waals surface area contributed by atoms with Gasteiger partial charge < -0.3 is 14.8 Å². The number of halogens is 1. The molecular weight excluding hydrogens is 372 g/mol. The van der Waals surface area contributed by atoms with Crippen molar-refractivity contribution in [1.82, 2.24) is 4.98 Å².